The third-order valence-corrected chi connectivity index (χ3v) is 6.55. The Morgan fingerprint density at radius 3 is 1.97 bits per heavy atom. The highest BCUT2D eigenvalue weighted by Gasteiger charge is 2.43. The topological polar surface area (TPSA) is 134 Å². The lowest BCUT2D eigenvalue weighted by molar-refractivity contribution is -0.140. The summed E-state index contributed by atoms with van der Waals surface area (Å²) in [4.78, 5) is 61.6. The standard InChI is InChI=1S/C19H28N4O6.C4H8F2.C4H10/c1-29-19(28)21-9-16(25)23-10-12(11-3-2-4-11)7-14(23)17(26)20-8-15(24)18(27)22-13-5-6-13;1-3-4(2,5)6;1-4(2)3/h11-14H,2-10H2,1H3,(H,20,26)(H,21,28)(H,22,27);3H2,1-2H3;4H,1-3H3. The summed E-state index contributed by atoms with van der Waals surface area (Å²) >= 11 is 0. The Morgan fingerprint density at radius 2 is 1.54 bits per heavy atom. The van der Waals surface area contributed by atoms with Gasteiger partial charge in [0.05, 0.1) is 13.7 Å². The number of amides is 4. The molecule has 0 spiro atoms. The first-order chi connectivity index (χ1) is 18.2. The number of nitrogens with zero attached hydrogens (tertiary/aromatic N) is 1. The molecule has 0 bridgehead atoms. The minimum atomic E-state index is -2.46. The predicted octanol–water partition coefficient (Wildman–Crippen LogP) is 3.04. The van der Waals surface area contributed by atoms with Gasteiger partial charge in [0.2, 0.25) is 23.5 Å². The summed E-state index contributed by atoms with van der Waals surface area (Å²) in [7, 11) is 1.20. The number of likely N-dealkylation sites (tertiary alicyclic amines) is 1. The van der Waals surface area contributed by atoms with E-state index in [1.54, 1.807) is 0 Å². The normalized spacial score (nSPS) is 20.4. The van der Waals surface area contributed by atoms with Crippen LogP contribution in [-0.2, 0) is 23.9 Å². The molecule has 1 aliphatic heterocycles. The predicted molar refractivity (Wildman–Crippen MR) is 142 cm³/mol. The quantitative estimate of drug-likeness (QED) is 0.371. The average Bonchev–Trinajstić information content (AvgIpc) is 3.54. The van der Waals surface area contributed by atoms with Gasteiger partial charge in [-0.25, -0.2) is 13.6 Å². The van der Waals surface area contributed by atoms with Crippen molar-refractivity contribution in [2.24, 2.45) is 17.8 Å². The third-order valence-electron chi connectivity index (χ3n) is 6.55. The van der Waals surface area contributed by atoms with Crippen LogP contribution in [0.4, 0.5) is 13.6 Å². The number of ether oxygens (including phenoxy) is 1. The van der Waals surface area contributed by atoms with Gasteiger partial charge in [-0.3, -0.25) is 19.2 Å². The average molecular weight is 561 g/mol. The van der Waals surface area contributed by atoms with E-state index in [1.807, 2.05) is 0 Å². The molecule has 3 rings (SSSR count). The van der Waals surface area contributed by atoms with E-state index >= 15 is 0 Å². The zero-order valence-corrected chi connectivity index (χ0v) is 24.1. The fraction of sp³-hybridized carbons (Fsp3) is 0.815. The van der Waals surface area contributed by atoms with Gasteiger partial charge in [-0.1, -0.05) is 47.0 Å². The van der Waals surface area contributed by atoms with Crippen molar-refractivity contribution in [1.82, 2.24) is 20.9 Å². The molecule has 1 saturated heterocycles. The first-order valence-corrected chi connectivity index (χ1v) is 13.8. The Morgan fingerprint density at radius 1 is 0.974 bits per heavy atom. The molecule has 3 fully saturated rings. The monoisotopic (exact) mass is 560 g/mol. The summed E-state index contributed by atoms with van der Waals surface area (Å²) in [6.07, 6.45) is 4.79. The summed E-state index contributed by atoms with van der Waals surface area (Å²) in [5.41, 5.74) is 0. The number of alkyl halides is 2. The minimum absolute atomic E-state index is 0.0625. The molecule has 2 unspecified atom stereocenters. The molecule has 0 aromatic rings. The molecule has 3 N–H and O–H groups in total. The van der Waals surface area contributed by atoms with Crippen LogP contribution in [-0.4, -0.2) is 79.2 Å². The second-order valence-corrected chi connectivity index (χ2v) is 11.1. The number of hydrogen-bond donors (Lipinski definition) is 3. The molecule has 224 valence electrons. The highest BCUT2D eigenvalue weighted by molar-refractivity contribution is 6.37. The maximum absolute atomic E-state index is 12.7. The van der Waals surface area contributed by atoms with Crippen molar-refractivity contribution in [3.05, 3.63) is 0 Å². The van der Waals surface area contributed by atoms with E-state index in [0.717, 1.165) is 44.9 Å². The van der Waals surface area contributed by atoms with Crippen LogP contribution in [0.25, 0.3) is 0 Å². The van der Waals surface area contributed by atoms with E-state index in [4.69, 9.17) is 0 Å². The molecule has 0 aromatic heterocycles. The molecule has 10 nitrogen and oxygen atoms in total. The number of nitrogens with one attached hydrogen (secondary N) is 3. The third kappa shape index (κ3) is 13.7. The second kappa shape index (κ2) is 16.3. The summed E-state index contributed by atoms with van der Waals surface area (Å²) in [6, 6.07) is -0.650. The summed E-state index contributed by atoms with van der Waals surface area (Å²) in [5, 5.41) is 7.43. The van der Waals surface area contributed by atoms with Gasteiger partial charge in [-0.15, -0.1) is 0 Å². The molecule has 4 amide bonds. The number of alkyl carbamates (subject to hydrolysis) is 1. The van der Waals surface area contributed by atoms with Crippen molar-refractivity contribution in [2.45, 2.75) is 97.6 Å². The lowest BCUT2D eigenvalue weighted by Gasteiger charge is -2.31. The fourth-order valence-corrected chi connectivity index (χ4v) is 3.83. The Bertz CT molecular complexity index is 838. The minimum Gasteiger partial charge on any atom is -0.453 e. The van der Waals surface area contributed by atoms with Gasteiger partial charge in [0, 0.05) is 19.0 Å². The zero-order valence-electron chi connectivity index (χ0n) is 24.1. The van der Waals surface area contributed by atoms with Gasteiger partial charge in [0.1, 0.15) is 12.6 Å². The highest BCUT2D eigenvalue weighted by atomic mass is 19.3. The molecule has 39 heavy (non-hydrogen) atoms. The number of rotatable bonds is 9. The number of carbonyl (C=O) groups excluding carboxylic acids is 5. The lowest BCUT2D eigenvalue weighted by atomic mass is 9.75. The lowest BCUT2D eigenvalue weighted by Crippen LogP contribution is -2.50. The van der Waals surface area contributed by atoms with E-state index in [2.05, 4.69) is 41.5 Å². The van der Waals surface area contributed by atoms with E-state index in [0.29, 0.717) is 18.9 Å². The van der Waals surface area contributed by atoms with Crippen molar-refractivity contribution in [3.8, 4) is 0 Å². The largest absolute Gasteiger partial charge is 0.453 e. The van der Waals surface area contributed by atoms with Gasteiger partial charge < -0.3 is 25.6 Å². The molecule has 2 aliphatic carbocycles. The van der Waals surface area contributed by atoms with E-state index < -0.39 is 42.2 Å². The number of hydrogen-bond acceptors (Lipinski definition) is 6. The highest BCUT2D eigenvalue weighted by Crippen LogP contribution is 2.40. The Kier molecular flexibility index (Phi) is 14.3. The maximum Gasteiger partial charge on any atom is 0.407 e. The van der Waals surface area contributed by atoms with Gasteiger partial charge in [-0.05, 0) is 43.9 Å². The van der Waals surface area contributed by atoms with Gasteiger partial charge in [0.15, 0.2) is 0 Å². The van der Waals surface area contributed by atoms with Crippen LogP contribution in [0.5, 0.6) is 0 Å². The van der Waals surface area contributed by atoms with E-state index in [9.17, 15) is 32.8 Å². The number of ketones is 1. The summed E-state index contributed by atoms with van der Waals surface area (Å²) in [5.74, 6) is -3.15. The van der Waals surface area contributed by atoms with Crippen LogP contribution in [0.1, 0.15) is 79.6 Å². The van der Waals surface area contributed by atoms with Crippen LogP contribution in [0.2, 0.25) is 0 Å². The van der Waals surface area contributed by atoms with Crippen molar-refractivity contribution < 1.29 is 37.5 Å². The Labute approximate surface area is 230 Å². The molecule has 1 heterocycles. The number of halogens is 2. The van der Waals surface area contributed by atoms with Crippen LogP contribution >= 0.6 is 0 Å². The van der Waals surface area contributed by atoms with Gasteiger partial charge in [-0.2, -0.15) is 0 Å². The molecular weight excluding hydrogens is 514 g/mol. The molecule has 0 aromatic carbocycles. The van der Waals surface area contributed by atoms with Crippen molar-refractivity contribution >= 4 is 29.6 Å². The number of carbonyl (C=O) groups is 5. The first-order valence-electron chi connectivity index (χ1n) is 13.8. The smallest absolute Gasteiger partial charge is 0.407 e. The van der Waals surface area contributed by atoms with Gasteiger partial charge in [0.25, 0.3) is 5.91 Å². The summed E-state index contributed by atoms with van der Waals surface area (Å²) < 4.78 is 27.4. The van der Waals surface area contributed by atoms with Crippen LogP contribution < -0.4 is 16.0 Å². The summed E-state index contributed by atoms with van der Waals surface area (Å²) in [6.45, 7) is 8.65. The van der Waals surface area contributed by atoms with Crippen molar-refractivity contribution in [1.29, 1.82) is 0 Å². The zero-order chi connectivity index (χ0) is 29.8. The van der Waals surface area contributed by atoms with E-state index in [-0.39, 0.29) is 30.8 Å². The molecule has 0 radical (unpaired) electrons. The molecule has 12 heteroatoms. The number of methoxy groups -OCH3 is 1. The first kappa shape index (κ1) is 34.2. The van der Waals surface area contributed by atoms with Crippen molar-refractivity contribution in [2.75, 3.05) is 26.7 Å². The Hall–Kier alpha value is -2.79. The number of Topliss-reactive ketones (excluding diaryl/α,β-unsaturated/α-hetero) is 1. The van der Waals surface area contributed by atoms with Crippen LogP contribution in [0.3, 0.4) is 0 Å². The SMILES string of the molecule is CC(C)C.CCC(C)(F)F.COC(=O)NCC(=O)N1CC(C2CCC2)CC1C(=O)NCC(=O)C(=O)NC1CC1. The molecular formula is C27H46F2N4O6. The Balaban J connectivity index is 0.000000651. The second-order valence-electron chi connectivity index (χ2n) is 11.1. The fourth-order valence-electron chi connectivity index (χ4n) is 3.83. The van der Waals surface area contributed by atoms with Crippen LogP contribution in [0, 0.1) is 17.8 Å². The van der Waals surface area contributed by atoms with E-state index in [1.165, 1.54) is 18.9 Å². The van der Waals surface area contributed by atoms with Crippen molar-refractivity contribution in [3.63, 3.8) is 0 Å². The maximum atomic E-state index is 12.7. The van der Waals surface area contributed by atoms with Crippen LogP contribution in [0.15, 0.2) is 0 Å². The molecule has 2 atom stereocenters. The van der Waals surface area contributed by atoms with Gasteiger partial charge >= 0.3 is 6.09 Å². The molecule has 3 aliphatic rings. The molecule has 2 saturated carbocycles.